The summed E-state index contributed by atoms with van der Waals surface area (Å²) in [4.78, 5) is 0. The lowest BCUT2D eigenvalue weighted by atomic mass is 9.97. The van der Waals surface area contributed by atoms with E-state index in [4.69, 9.17) is 0 Å². The van der Waals surface area contributed by atoms with E-state index in [0.29, 0.717) is 5.41 Å². The fourth-order valence-electron chi connectivity index (χ4n) is 0.663. The second-order valence-corrected chi connectivity index (χ2v) is 2.54. The van der Waals surface area contributed by atoms with Gasteiger partial charge in [-0.15, -0.1) is 0 Å². The molecule has 0 N–H and O–H groups in total. The minimum atomic E-state index is 0.333. The molecule has 0 aliphatic heterocycles. The lowest BCUT2D eigenvalue weighted by molar-refractivity contribution is 0.636. The third kappa shape index (κ3) is 0.923. The highest BCUT2D eigenvalue weighted by atomic mass is 14.1. The van der Waals surface area contributed by atoms with E-state index in [1.165, 1.54) is 0 Å². The van der Waals surface area contributed by atoms with Gasteiger partial charge in [-0.3, -0.25) is 0 Å². The molecule has 0 aromatic carbocycles. The summed E-state index contributed by atoms with van der Waals surface area (Å²) in [6.07, 6.45) is 8.54. The van der Waals surface area contributed by atoms with E-state index in [1.54, 1.807) is 0 Å². The Morgan fingerprint density at radius 1 is 1.00 bits per heavy atom. The predicted octanol–water partition coefficient (Wildman–Crippen LogP) is 2.14. The van der Waals surface area contributed by atoms with Crippen LogP contribution in [0.2, 0.25) is 0 Å². The minimum absolute atomic E-state index is 0.333. The van der Waals surface area contributed by atoms with Gasteiger partial charge in [0.05, 0.1) is 0 Å². The Hall–Kier alpha value is -0.520. The van der Waals surface area contributed by atoms with E-state index in [2.05, 4.69) is 38.2 Å². The first-order chi connectivity index (χ1) is 3.21. The van der Waals surface area contributed by atoms with Gasteiger partial charge in [0, 0.05) is 5.41 Å². The third-order valence-corrected chi connectivity index (χ3v) is 1.16. The molecule has 0 bridgehead atoms. The van der Waals surface area contributed by atoms with Gasteiger partial charge >= 0.3 is 0 Å². The van der Waals surface area contributed by atoms with Crippen molar-refractivity contribution in [3.05, 3.63) is 24.3 Å². The van der Waals surface area contributed by atoms with Crippen LogP contribution in [0.1, 0.15) is 13.8 Å². The standard InChI is InChI=1S/C7H10/c1-7(2)5-3-4-6-7/h3-6H,1-2H3. The molecule has 0 aromatic rings. The molecule has 1 rings (SSSR count). The molecule has 0 nitrogen and oxygen atoms in total. The molecule has 0 heterocycles. The zero-order valence-electron chi connectivity index (χ0n) is 4.81. The van der Waals surface area contributed by atoms with Crippen molar-refractivity contribution in [1.29, 1.82) is 0 Å². The molecular weight excluding hydrogens is 84.1 g/mol. The summed E-state index contributed by atoms with van der Waals surface area (Å²) in [5.41, 5.74) is 0.333. The van der Waals surface area contributed by atoms with Crippen LogP contribution in [-0.4, -0.2) is 0 Å². The summed E-state index contributed by atoms with van der Waals surface area (Å²) < 4.78 is 0. The Kier molecular flexibility index (Phi) is 0.810. The highest BCUT2D eigenvalue weighted by molar-refractivity contribution is 5.21. The number of hydrogen-bond donors (Lipinski definition) is 0. The molecule has 0 aromatic heterocycles. The molecule has 0 spiro atoms. The maximum Gasteiger partial charge on any atom is 0.00106 e. The van der Waals surface area contributed by atoms with Crippen molar-refractivity contribution >= 4 is 0 Å². The predicted molar refractivity (Wildman–Crippen MR) is 32.1 cm³/mol. The molecule has 0 atom stereocenters. The minimum Gasteiger partial charge on any atom is -0.0751 e. The second kappa shape index (κ2) is 1.22. The van der Waals surface area contributed by atoms with Crippen molar-refractivity contribution in [2.75, 3.05) is 0 Å². The average Bonchev–Trinajstić information content (AvgIpc) is 1.84. The van der Waals surface area contributed by atoms with Crippen molar-refractivity contribution < 1.29 is 0 Å². The van der Waals surface area contributed by atoms with Gasteiger partial charge in [-0.1, -0.05) is 38.2 Å². The molecule has 0 heteroatoms. The highest BCUT2D eigenvalue weighted by Gasteiger charge is 2.09. The van der Waals surface area contributed by atoms with Gasteiger partial charge in [0.2, 0.25) is 0 Å². The van der Waals surface area contributed by atoms with Crippen molar-refractivity contribution in [3.8, 4) is 0 Å². The maximum absolute atomic E-state index is 2.19. The Balaban J connectivity index is 2.77. The topological polar surface area (TPSA) is 0 Å². The smallest absolute Gasteiger partial charge is 0.00106 e. The molecule has 0 saturated carbocycles. The maximum atomic E-state index is 2.19. The molecule has 38 valence electrons. The monoisotopic (exact) mass is 94.1 g/mol. The number of allylic oxidation sites excluding steroid dienone is 4. The lowest BCUT2D eigenvalue weighted by Gasteiger charge is -2.08. The summed E-state index contributed by atoms with van der Waals surface area (Å²) in [6.45, 7) is 4.38. The summed E-state index contributed by atoms with van der Waals surface area (Å²) in [7, 11) is 0. The van der Waals surface area contributed by atoms with Gasteiger partial charge in [-0.05, 0) is 0 Å². The SMILES string of the molecule is CC1(C)C=CC=C1. The average molecular weight is 94.2 g/mol. The van der Waals surface area contributed by atoms with Gasteiger partial charge in [0.25, 0.3) is 0 Å². The Morgan fingerprint density at radius 3 is 1.57 bits per heavy atom. The summed E-state index contributed by atoms with van der Waals surface area (Å²) in [5, 5.41) is 0. The largest absolute Gasteiger partial charge is 0.0751 e. The van der Waals surface area contributed by atoms with Crippen molar-refractivity contribution in [2.24, 2.45) is 5.41 Å². The van der Waals surface area contributed by atoms with Gasteiger partial charge in [0.1, 0.15) is 0 Å². The van der Waals surface area contributed by atoms with Crippen LogP contribution in [0.4, 0.5) is 0 Å². The van der Waals surface area contributed by atoms with Crippen molar-refractivity contribution in [1.82, 2.24) is 0 Å². The fourth-order valence-corrected chi connectivity index (χ4v) is 0.663. The third-order valence-electron chi connectivity index (χ3n) is 1.16. The van der Waals surface area contributed by atoms with Crippen LogP contribution in [0.15, 0.2) is 24.3 Å². The Labute approximate surface area is 44.5 Å². The molecule has 1 aliphatic carbocycles. The summed E-state index contributed by atoms with van der Waals surface area (Å²) >= 11 is 0. The molecule has 7 heavy (non-hydrogen) atoms. The normalized spacial score (nSPS) is 23.7. The highest BCUT2D eigenvalue weighted by Crippen LogP contribution is 2.22. The molecule has 0 saturated heterocycles. The van der Waals surface area contributed by atoms with Crippen LogP contribution in [0.5, 0.6) is 0 Å². The van der Waals surface area contributed by atoms with Crippen LogP contribution >= 0.6 is 0 Å². The Bertz CT molecular complexity index is 102. The van der Waals surface area contributed by atoms with Crippen LogP contribution in [0.3, 0.4) is 0 Å². The van der Waals surface area contributed by atoms with E-state index in [-0.39, 0.29) is 0 Å². The molecular formula is C7H10. The summed E-state index contributed by atoms with van der Waals surface area (Å²) in [5.74, 6) is 0. The zero-order valence-corrected chi connectivity index (χ0v) is 4.81. The van der Waals surface area contributed by atoms with Crippen LogP contribution < -0.4 is 0 Å². The molecule has 0 unspecified atom stereocenters. The van der Waals surface area contributed by atoms with Crippen LogP contribution in [-0.2, 0) is 0 Å². The second-order valence-electron chi connectivity index (χ2n) is 2.54. The van der Waals surface area contributed by atoms with Crippen molar-refractivity contribution in [3.63, 3.8) is 0 Å². The molecule has 0 fully saturated rings. The number of rotatable bonds is 0. The Morgan fingerprint density at radius 2 is 1.43 bits per heavy atom. The first-order valence-corrected chi connectivity index (χ1v) is 2.58. The summed E-state index contributed by atoms with van der Waals surface area (Å²) in [6, 6.07) is 0. The van der Waals surface area contributed by atoms with Crippen LogP contribution in [0.25, 0.3) is 0 Å². The van der Waals surface area contributed by atoms with E-state index >= 15 is 0 Å². The van der Waals surface area contributed by atoms with Gasteiger partial charge in [-0.25, -0.2) is 0 Å². The first kappa shape index (κ1) is 4.63. The van der Waals surface area contributed by atoms with Crippen LogP contribution in [0, 0.1) is 5.41 Å². The lowest BCUT2D eigenvalue weighted by Crippen LogP contribution is -1.97. The first-order valence-electron chi connectivity index (χ1n) is 2.58. The quantitative estimate of drug-likeness (QED) is 0.431. The van der Waals surface area contributed by atoms with E-state index in [9.17, 15) is 0 Å². The molecule has 0 radical (unpaired) electrons. The van der Waals surface area contributed by atoms with E-state index < -0.39 is 0 Å². The van der Waals surface area contributed by atoms with Gasteiger partial charge in [-0.2, -0.15) is 0 Å². The van der Waals surface area contributed by atoms with E-state index in [0.717, 1.165) is 0 Å². The molecule has 0 amide bonds. The molecule has 1 aliphatic rings. The van der Waals surface area contributed by atoms with Gasteiger partial charge in [0.15, 0.2) is 0 Å². The zero-order chi connectivity index (χ0) is 5.33. The van der Waals surface area contributed by atoms with E-state index in [1.807, 2.05) is 0 Å². The fraction of sp³-hybridized carbons (Fsp3) is 0.429. The number of hydrogen-bond acceptors (Lipinski definition) is 0. The van der Waals surface area contributed by atoms with Crippen molar-refractivity contribution in [2.45, 2.75) is 13.8 Å². The van der Waals surface area contributed by atoms with Gasteiger partial charge < -0.3 is 0 Å².